The highest BCUT2D eigenvalue weighted by Gasteiger charge is 2.35. The number of hydrogen-bond acceptors (Lipinski definition) is 3. The van der Waals surface area contributed by atoms with Crippen LogP contribution in [-0.4, -0.2) is 31.6 Å². The minimum Gasteiger partial charge on any atom is -0.328 e. The smallest absolute Gasteiger partial charge is 0.328 e. The molecule has 2 aliphatic rings. The van der Waals surface area contributed by atoms with Crippen molar-refractivity contribution in [1.29, 1.82) is 0 Å². The molecular weight excluding hydrogens is 291 g/mol. The molecule has 0 bridgehead atoms. The number of rotatable bonds is 2. The van der Waals surface area contributed by atoms with Gasteiger partial charge in [0, 0.05) is 11.9 Å². The molecule has 6 heteroatoms. The van der Waals surface area contributed by atoms with Crippen LogP contribution < -0.4 is 10.2 Å². The van der Waals surface area contributed by atoms with Crippen LogP contribution in [0.5, 0.6) is 0 Å². The largest absolute Gasteiger partial charge is 0.433 e. The maximum atomic E-state index is 12.6. The van der Waals surface area contributed by atoms with Crippen LogP contribution in [0, 0.1) is 0 Å². The summed E-state index contributed by atoms with van der Waals surface area (Å²) in [7, 11) is 0. The molecule has 22 heavy (non-hydrogen) atoms. The molecular formula is C16H18F3N3. The number of aliphatic imine (C=N–C) groups is 1. The van der Waals surface area contributed by atoms with Crippen LogP contribution in [0.2, 0.25) is 0 Å². The second-order valence-electron chi connectivity index (χ2n) is 5.55. The molecule has 0 amide bonds. The number of nitrogens with zero attached hydrogens (tertiary/aromatic N) is 2. The summed E-state index contributed by atoms with van der Waals surface area (Å²) in [5.41, 5.74) is 1.33. The molecule has 0 spiro atoms. The average Bonchev–Trinajstić information content (AvgIpc) is 2.55. The first-order valence-electron chi connectivity index (χ1n) is 7.42. The van der Waals surface area contributed by atoms with E-state index in [0.29, 0.717) is 5.92 Å². The quantitative estimate of drug-likeness (QED) is 0.906. The molecule has 1 aromatic carbocycles. The van der Waals surface area contributed by atoms with Crippen LogP contribution in [0.25, 0.3) is 0 Å². The Kier molecular flexibility index (Phi) is 4.20. The van der Waals surface area contributed by atoms with Crippen LogP contribution in [0.1, 0.15) is 24.3 Å². The maximum absolute atomic E-state index is 12.6. The zero-order valence-electron chi connectivity index (χ0n) is 12.1. The number of nitrogens with one attached hydrogen (secondary N) is 1. The summed E-state index contributed by atoms with van der Waals surface area (Å²) in [6.07, 6.45) is 0.243. The Bertz CT molecular complexity index is 587. The van der Waals surface area contributed by atoms with Crippen molar-refractivity contribution in [3.8, 4) is 0 Å². The predicted octanol–water partition coefficient (Wildman–Crippen LogP) is 3.45. The van der Waals surface area contributed by atoms with Gasteiger partial charge in [0.05, 0.1) is 0 Å². The molecule has 3 nitrogen and oxygen atoms in total. The first kappa shape index (κ1) is 15.1. The van der Waals surface area contributed by atoms with Crippen molar-refractivity contribution >= 4 is 11.4 Å². The van der Waals surface area contributed by atoms with E-state index in [1.807, 2.05) is 18.2 Å². The number of piperidine rings is 1. The van der Waals surface area contributed by atoms with Gasteiger partial charge in [-0.05, 0) is 49.6 Å². The minimum absolute atomic E-state index is 0.00727. The number of hydrogen-bond donors (Lipinski definition) is 1. The van der Waals surface area contributed by atoms with Gasteiger partial charge in [0.1, 0.15) is 12.4 Å². The molecule has 0 atom stereocenters. The molecule has 1 N–H and O–H groups in total. The average molecular weight is 309 g/mol. The molecule has 0 unspecified atom stereocenters. The third-order valence-corrected chi connectivity index (χ3v) is 4.12. The first-order chi connectivity index (χ1) is 10.6. The second-order valence-corrected chi connectivity index (χ2v) is 5.55. The van der Waals surface area contributed by atoms with Crippen LogP contribution in [-0.2, 0) is 0 Å². The lowest BCUT2D eigenvalue weighted by molar-refractivity contribution is -0.0579. The van der Waals surface area contributed by atoms with Crippen LogP contribution >= 0.6 is 0 Å². The Balaban J connectivity index is 1.82. The Labute approximate surface area is 127 Å². The van der Waals surface area contributed by atoms with Gasteiger partial charge >= 0.3 is 6.18 Å². The molecule has 0 aromatic heterocycles. The summed E-state index contributed by atoms with van der Waals surface area (Å²) in [6.45, 7) is 1.96. The van der Waals surface area contributed by atoms with Gasteiger partial charge in [-0.25, -0.2) is 0 Å². The van der Waals surface area contributed by atoms with Crippen molar-refractivity contribution < 1.29 is 13.2 Å². The lowest BCUT2D eigenvalue weighted by Crippen LogP contribution is -2.30. The van der Waals surface area contributed by atoms with E-state index in [9.17, 15) is 13.2 Å². The second kappa shape index (κ2) is 6.12. The molecule has 118 valence electrons. The summed E-state index contributed by atoms with van der Waals surface area (Å²) < 4.78 is 37.9. The summed E-state index contributed by atoms with van der Waals surface area (Å²) in [6, 6.07) is 7.92. The molecule has 1 saturated heterocycles. The minimum atomic E-state index is -4.38. The summed E-state index contributed by atoms with van der Waals surface area (Å²) in [5, 5.41) is 3.33. The van der Waals surface area contributed by atoms with E-state index in [0.717, 1.165) is 37.7 Å². The number of alkyl halides is 3. The van der Waals surface area contributed by atoms with Gasteiger partial charge in [-0.3, -0.25) is 4.99 Å². The molecule has 2 aliphatic heterocycles. The fourth-order valence-electron chi connectivity index (χ4n) is 2.98. The van der Waals surface area contributed by atoms with Crippen molar-refractivity contribution in [2.24, 2.45) is 4.99 Å². The van der Waals surface area contributed by atoms with Crippen molar-refractivity contribution in [3.05, 3.63) is 42.1 Å². The molecule has 0 aliphatic carbocycles. The Hall–Kier alpha value is -1.82. The Morgan fingerprint density at radius 1 is 1.14 bits per heavy atom. The number of para-hydroxylation sites is 1. The number of benzene rings is 1. The van der Waals surface area contributed by atoms with E-state index in [1.165, 1.54) is 11.8 Å². The fraction of sp³-hybridized carbons (Fsp3) is 0.438. The van der Waals surface area contributed by atoms with Gasteiger partial charge in [-0.1, -0.05) is 18.2 Å². The summed E-state index contributed by atoms with van der Waals surface area (Å²) >= 11 is 0. The van der Waals surface area contributed by atoms with E-state index in [-0.39, 0.29) is 6.67 Å². The Morgan fingerprint density at radius 2 is 1.86 bits per heavy atom. The molecule has 0 radical (unpaired) electrons. The van der Waals surface area contributed by atoms with Gasteiger partial charge < -0.3 is 10.2 Å². The first-order valence-corrected chi connectivity index (χ1v) is 7.42. The van der Waals surface area contributed by atoms with Gasteiger partial charge in [0.15, 0.2) is 0 Å². The SMILES string of the molecule is FC(F)(F)C1=NCN(c2ccccc2C2CCNCC2)C=C1. The third kappa shape index (κ3) is 3.16. The lowest BCUT2D eigenvalue weighted by Gasteiger charge is -2.30. The fourth-order valence-corrected chi connectivity index (χ4v) is 2.98. The highest BCUT2D eigenvalue weighted by Crippen LogP contribution is 2.34. The number of allylic oxidation sites excluding steroid dienone is 1. The standard InChI is InChI=1S/C16H18F3N3/c17-16(18,19)15-7-10-22(11-21-15)14-4-2-1-3-13(14)12-5-8-20-9-6-12/h1-4,7,10,12,20H,5-6,8-9,11H2. The maximum Gasteiger partial charge on any atom is 0.433 e. The van der Waals surface area contributed by atoms with Gasteiger partial charge in [-0.2, -0.15) is 13.2 Å². The van der Waals surface area contributed by atoms with E-state index in [4.69, 9.17) is 0 Å². The zero-order valence-corrected chi connectivity index (χ0v) is 12.1. The van der Waals surface area contributed by atoms with E-state index < -0.39 is 11.9 Å². The highest BCUT2D eigenvalue weighted by molar-refractivity contribution is 6.00. The van der Waals surface area contributed by atoms with Crippen LogP contribution in [0.4, 0.5) is 18.9 Å². The van der Waals surface area contributed by atoms with Crippen molar-refractivity contribution in [1.82, 2.24) is 5.32 Å². The van der Waals surface area contributed by atoms with Gasteiger partial charge in [-0.15, -0.1) is 0 Å². The molecule has 1 fully saturated rings. The molecule has 1 aromatic rings. The van der Waals surface area contributed by atoms with Crippen molar-refractivity contribution in [2.45, 2.75) is 24.9 Å². The van der Waals surface area contributed by atoms with E-state index >= 15 is 0 Å². The normalized spacial score (nSPS) is 20.1. The van der Waals surface area contributed by atoms with Crippen molar-refractivity contribution in [2.75, 3.05) is 24.7 Å². The predicted molar refractivity (Wildman–Crippen MR) is 81.3 cm³/mol. The summed E-state index contributed by atoms with van der Waals surface area (Å²) in [5.74, 6) is 0.443. The van der Waals surface area contributed by atoms with E-state index in [2.05, 4.69) is 16.4 Å². The molecule has 0 saturated carbocycles. The zero-order chi connectivity index (χ0) is 15.6. The topological polar surface area (TPSA) is 27.6 Å². The van der Waals surface area contributed by atoms with Crippen molar-refractivity contribution in [3.63, 3.8) is 0 Å². The molecule has 3 rings (SSSR count). The lowest BCUT2D eigenvalue weighted by atomic mass is 9.89. The monoisotopic (exact) mass is 309 g/mol. The highest BCUT2D eigenvalue weighted by atomic mass is 19.4. The molecule has 2 heterocycles. The third-order valence-electron chi connectivity index (χ3n) is 4.12. The van der Waals surface area contributed by atoms with Crippen LogP contribution in [0.3, 0.4) is 0 Å². The van der Waals surface area contributed by atoms with Gasteiger partial charge in [0.2, 0.25) is 0 Å². The van der Waals surface area contributed by atoms with E-state index in [1.54, 1.807) is 4.90 Å². The number of anilines is 1. The number of halogens is 3. The van der Waals surface area contributed by atoms with Crippen LogP contribution in [0.15, 0.2) is 41.5 Å². The summed E-state index contributed by atoms with van der Waals surface area (Å²) in [4.78, 5) is 5.45. The van der Waals surface area contributed by atoms with Gasteiger partial charge in [0.25, 0.3) is 0 Å². The Morgan fingerprint density at radius 3 is 2.50 bits per heavy atom.